The first-order chi connectivity index (χ1) is 12.5. The minimum absolute atomic E-state index is 0. The summed E-state index contributed by atoms with van der Waals surface area (Å²) in [5.41, 5.74) is 0.00593. The van der Waals surface area contributed by atoms with Crippen LogP contribution in [-0.2, 0) is 16.0 Å². The Kier molecular flexibility index (Phi) is 10.5. The Balaban J connectivity index is 0.00000364. The second kappa shape index (κ2) is 11.8. The quantitative estimate of drug-likeness (QED) is 0.318. The number of morpholine rings is 1. The minimum Gasteiger partial charge on any atom is -0.379 e. The zero-order chi connectivity index (χ0) is 19.0. The summed E-state index contributed by atoms with van der Waals surface area (Å²) in [6.07, 6.45) is -0.177. The second-order valence-electron chi connectivity index (χ2n) is 6.84. The van der Waals surface area contributed by atoms with E-state index >= 15 is 0 Å². The molecule has 0 radical (unpaired) electrons. The number of halogens is 1. The lowest BCUT2D eigenvalue weighted by atomic mass is 10.0. The van der Waals surface area contributed by atoms with Crippen LogP contribution in [0, 0.1) is 0 Å². The molecule has 27 heavy (non-hydrogen) atoms. The molecule has 9 nitrogen and oxygen atoms in total. The molecule has 1 atom stereocenters. The lowest BCUT2D eigenvalue weighted by molar-refractivity contribution is -0.00834. The van der Waals surface area contributed by atoms with Gasteiger partial charge >= 0.3 is 0 Å². The first-order valence-corrected chi connectivity index (χ1v) is 9.17. The fraction of sp³-hybridized carbons (Fsp3) is 0.824. The third-order valence-electron chi connectivity index (χ3n) is 4.45. The van der Waals surface area contributed by atoms with Gasteiger partial charge < -0.3 is 24.6 Å². The van der Waals surface area contributed by atoms with Crippen LogP contribution in [0.4, 0.5) is 0 Å². The molecular weight excluding hydrogens is 463 g/mol. The Labute approximate surface area is 178 Å². The fourth-order valence-electron chi connectivity index (χ4n) is 2.79. The number of aromatic nitrogens is 2. The van der Waals surface area contributed by atoms with Gasteiger partial charge in [0.05, 0.1) is 19.8 Å². The lowest BCUT2D eigenvalue weighted by Gasteiger charge is -2.41. The molecule has 0 bridgehead atoms. The summed E-state index contributed by atoms with van der Waals surface area (Å²) in [6, 6.07) is 0. The number of ether oxygens (including phenoxy) is 2. The topological polar surface area (TPSA) is 97.0 Å². The second-order valence-corrected chi connectivity index (χ2v) is 6.84. The summed E-state index contributed by atoms with van der Waals surface area (Å²) < 4.78 is 16.2. The third kappa shape index (κ3) is 7.51. The van der Waals surface area contributed by atoms with Gasteiger partial charge in [-0.15, -0.1) is 24.0 Å². The summed E-state index contributed by atoms with van der Waals surface area (Å²) in [5.74, 6) is 1.76. The molecule has 0 aliphatic carbocycles. The van der Waals surface area contributed by atoms with Crippen LogP contribution in [0.1, 0.15) is 45.5 Å². The molecule has 1 fully saturated rings. The molecule has 10 heteroatoms. The number of hydrogen-bond acceptors (Lipinski definition) is 7. The first-order valence-electron chi connectivity index (χ1n) is 9.17. The Bertz CT molecular complexity index is 575. The van der Waals surface area contributed by atoms with E-state index in [0.29, 0.717) is 30.8 Å². The molecule has 1 aromatic rings. The lowest BCUT2D eigenvalue weighted by Crippen LogP contribution is -2.56. The Morgan fingerprint density at radius 1 is 1.33 bits per heavy atom. The number of rotatable bonds is 8. The predicted octanol–water partition coefficient (Wildman–Crippen LogP) is 1.56. The highest BCUT2D eigenvalue weighted by atomic mass is 127. The van der Waals surface area contributed by atoms with E-state index < -0.39 is 0 Å². The predicted molar refractivity (Wildman–Crippen MR) is 114 cm³/mol. The highest BCUT2D eigenvalue weighted by molar-refractivity contribution is 14.0. The molecule has 1 unspecified atom stereocenters. The van der Waals surface area contributed by atoms with Crippen LogP contribution in [0.3, 0.4) is 0 Å². The van der Waals surface area contributed by atoms with Gasteiger partial charge in [-0.25, -0.2) is 0 Å². The molecule has 156 valence electrons. The normalized spacial score (nSPS) is 17.3. The van der Waals surface area contributed by atoms with E-state index in [-0.39, 0.29) is 35.6 Å². The smallest absolute Gasteiger partial charge is 0.246 e. The zero-order valence-corrected chi connectivity index (χ0v) is 19.3. The number of guanidine groups is 1. The van der Waals surface area contributed by atoms with Crippen molar-refractivity contribution in [2.24, 2.45) is 4.99 Å². The summed E-state index contributed by atoms with van der Waals surface area (Å²) in [5, 5.41) is 10.5. The van der Waals surface area contributed by atoms with Crippen molar-refractivity contribution in [1.82, 2.24) is 25.7 Å². The van der Waals surface area contributed by atoms with Crippen molar-refractivity contribution in [2.45, 2.75) is 45.9 Å². The number of nitrogens with one attached hydrogen (secondary N) is 2. The van der Waals surface area contributed by atoms with E-state index in [9.17, 15) is 0 Å². The number of hydrogen-bond donors (Lipinski definition) is 2. The van der Waals surface area contributed by atoms with Crippen molar-refractivity contribution < 1.29 is 14.0 Å². The van der Waals surface area contributed by atoms with Crippen LogP contribution in [0.5, 0.6) is 0 Å². The Morgan fingerprint density at radius 2 is 2.04 bits per heavy atom. The molecule has 2 rings (SSSR count). The van der Waals surface area contributed by atoms with E-state index in [1.165, 1.54) is 0 Å². The van der Waals surface area contributed by atoms with Crippen LogP contribution in [0.2, 0.25) is 0 Å². The van der Waals surface area contributed by atoms with Crippen LogP contribution >= 0.6 is 24.0 Å². The van der Waals surface area contributed by atoms with Gasteiger partial charge in [-0.3, -0.25) is 9.89 Å². The van der Waals surface area contributed by atoms with E-state index in [0.717, 1.165) is 32.8 Å². The van der Waals surface area contributed by atoms with Crippen LogP contribution in [0.25, 0.3) is 0 Å². The molecule has 0 aromatic carbocycles. The highest BCUT2D eigenvalue weighted by Gasteiger charge is 2.28. The maximum absolute atomic E-state index is 5.47. The number of nitrogens with zero attached hydrogens (tertiary/aromatic N) is 4. The van der Waals surface area contributed by atoms with E-state index in [1.807, 2.05) is 13.8 Å². The van der Waals surface area contributed by atoms with Crippen molar-refractivity contribution >= 4 is 29.9 Å². The molecule has 0 amide bonds. The minimum atomic E-state index is -0.177. The van der Waals surface area contributed by atoms with Gasteiger partial charge in [0, 0.05) is 38.8 Å². The summed E-state index contributed by atoms with van der Waals surface area (Å²) in [4.78, 5) is 11.0. The summed E-state index contributed by atoms with van der Waals surface area (Å²) >= 11 is 0. The van der Waals surface area contributed by atoms with Gasteiger partial charge in [0.2, 0.25) is 5.89 Å². The standard InChI is InChI=1S/C17H32N6O3.HI/c1-6-25-13(2)15-21-14(26-22-15)11-19-16(18-5)20-12-17(3,4)23-7-9-24-10-8-23;/h13H,6-12H2,1-5H3,(H2,18,19,20);1H. The van der Waals surface area contributed by atoms with Gasteiger partial charge in [-0.05, 0) is 27.7 Å². The average molecular weight is 496 g/mol. The maximum atomic E-state index is 5.47. The van der Waals surface area contributed by atoms with Crippen molar-refractivity contribution in [3.63, 3.8) is 0 Å². The monoisotopic (exact) mass is 496 g/mol. The molecule has 0 saturated carbocycles. The molecule has 1 aliphatic heterocycles. The summed E-state index contributed by atoms with van der Waals surface area (Å²) in [7, 11) is 1.74. The molecular formula is C17H33IN6O3. The fourth-order valence-corrected chi connectivity index (χ4v) is 2.79. The van der Waals surface area contributed by atoms with E-state index in [1.54, 1.807) is 7.05 Å². The van der Waals surface area contributed by atoms with Crippen LogP contribution in [-0.4, -0.2) is 73.0 Å². The molecule has 2 N–H and O–H groups in total. The maximum Gasteiger partial charge on any atom is 0.246 e. The summed E-state index contributed by atoms with van der Waals surface area (Å²) in [6.45, 7) is 13.5. The Morgan fingerprint density at radius 3 is 2.67 bits per heavy atom. The van der Waals surface area contributed by atoms with Gasteiger partial charge in [-0.1, -0.05) is 5.16 Å². The number of aliphatic imine (C=N–C) groups is 1. The molecule has 0 spiro atoms. The van der Waals surface area contributed by atoms with Gasteiger partial charge in [0.1, 0.15) is 6.10 Å². The van der Waals surface area contributed by atoms with Gasteiger partial charge in [-0.2, -0.15) is 4.98 Å². The first kappa shape index (κ1) is 24.1. The zero-order valence-electron chi connectivity index (χ0n) is 16.9. The van der Waals surface area contributed by atoms with Gasteiger partial charge in [0.15, 0.2) is 11.8 Å². The van der Waals surface area contributed by atoms with Crippen LogP contribution in [0.15, 0.2) is 9.52 Å². The molecule has 1 aliphatic rings. The largest absolute Gasteiger partial charge is 0.379 e. The third-order valence-corrected chi connectivity index (χ3v) is 4.45. The molecule has 1 saturated heterocycles. The van der Waals surface area contributed by atoms with Crippen molar-refractivity contribution in [2.75, 3.05) is 46.5 Å². The van der Waals surface area contributed by atoms with Crippen molar-refractivity contribution in [3.05, 3.63) is 11.7 Å². The van der Waals surface area contributed by atoms with Crippen molar-refractivity contribution in [1.29, 1.82) is 0 Å². The average Bonchev–Trinajstić information content (AvgIpc) is 3.12. The van der Waals surface area contributed by atoms with Crippen LogP contribution < -0.4 is 10.6 Å². The van der Waals surface area contributed by atoms with E-state index in [2.05, 4.69) is 44.5 Å². The SMILES string of the molecule is CCOC(C)c1noc(CNC(=NC)NCC(C)(C)N2CCOCC2)n1.I. The highest BCUT2D eigenvalue weighted by Crippen LogP contribution is 2.15. The van der Waals surface area contributed by atoms with E-state index in [4.69, 9.17) is 14.0 Å². The van der Waals surface area contributed by atoms with Crippen molar-refractivity contribution in [3.8, 4) is 0 Å². The molecule has 2 heterocycles. The van der Waals surface area contributed by atoms with Gasteiger partial charge in [0.25, 0.3) is 0 Å². The molecule has 1 aromatic heterocycles. The Hall–Kier alpha value is -0.980.